The molecule has 0 bridgehead atoms. The number of nitrogens with zero attached hydrogens (tertiary/aromatic N) is 2. The van der Waals surface area contributed by atoms with Gasteiger partial charge in [0.05, 0.1) is 23.4 Å². The van der Waals surface area contributed by atoms with Gasteiger partial charge in [0, 0.05) is 6.04 Å². The second-order valence-electron chi connectivity index (χ2n) is 7.45. The maximum Gasteiger partial charge on any atom is 0.0961 e. The third-order valence-electron chi connectivity index (χ3n) is 5.28. The summed E-state index contributed by atoms with van der Waals surface area (Å²) in [4.78, 5) is 4.65. The number of nitrogens with one attached hydrogen (secondary N) is 1. The first-order valence-electron chi connectivity index (χ1n) is 8.02. The van der Waals surface area contributed by atoms with Crippen LogP contribution in [0, 0.1) is 19.3 Å². The average molecular weight is 285 g/mol. The maximum absolute atomic E-state index is 4.65. The van der Waals surface area contributed by atoms with Crippen molar-refractivity contribution in [1.29, 1.82) is 0 Å². The summed E-state index contributed by atoms with van der Waals surface area (Å²) in [6.45, 7) is 9.13. The first kappa shape index (κ1) is 14.6. The topological polar surface area (TPSA) is 29.9 Å². The molecule has 2 unspecified atom stereocenters. The van der Waals surface area contributed by atoms with E-state index in [-0.39, 0.29) is 0 Å². The first-order valence-corrected chi connectivity index (χ1v) is 8.02. The van der Waals surface area contributed by atoms with Gasteiger partial charge in [0.2, 0.25) is 0 Å². The number of rotatable bonds is 2. The fourth-order valence-electron chi connectivity index (χ4n) is 3.72. The van der Waals surface area contributed by atoms with Crippen molar-refractivity contribution in [2.45, 2.75) is 59.0 Å². The average Bonchev–Trinajstić information content (AvgIpc) is 2.81. The van der Waals surface area contributed by atoms with Gasteiger partial charge in [0.25, 0.3) is 0 Å². The zero-order chi connectivity index (χ0) is 15.2. The Bertz CT molecular complexity index is 654. The minimum atomic E-state index is 0.411. The number of aryl methyl sites for hydroxylation is 2. The molecule has 1 saturated carbocycles. The van der Waals surface area contributed by atoms with Gasteiger partial charge >= 0.3 is 0 Å². The molecule has 0 amide bonds. The lowest BCUT2D eigenvalue weighted by Crippen LogP contribution is -2.42. The Balaban J connectivity index is 2.07. The number of hydrogen-bond donors (Lipinski definition) is 1. The highest BCUT2D eigenvalue weighted by atomic mass is 15.1. The van der Waals surface area contributed by atoms with Gasteiger partial charge in [-0.1, -0.05) is 13.8 Å². The molecule has 21 heavy (non-hydrogen) atoms. The molecule has 0 saturated heterocycles. The fourth-order valence-corrected chi connectivity index (χ4v) is 3.72. The van der Waals surface area contributed by atoms with Gasteiger partial charge in [-0.05, 0) is 68.8 Å². The Hall–Kier alpha value is -1.35. The van der Waals surface area contributed by atoms with Crippen molar-refractivity contribution in [3.8, 4) is 0 Å². The van der Waals surface area contributed by atoms with Crippen molar-refractivity contribution in [2.75, 3.05) is 7.05 Å². The molecule has 2 aromatic rings. The molecule has 3 nitrogen and oxygen atoms in total. The summed E-state index contributed by atoms with van der Waals surface area (Å²) < 4.78 is 2.41. The molecule has 1 aliphatic carbocycles. The summed E-state index contributed by atoms with van der Waals surface area (Å²) in [7, 11) is 2.09. The molecule has 1 aromatic carbocycles. The first-order chi connectivity index (χ1) is 9.91. The van der Waals surface area contributed by atoms with Crippen LogP contribution in [0.15, 0.2) is 18.5 Å². The molecule has 3 heteroatoms. The predicted molar refractivity (Wildman–Crippen MR) is 88.7 cm³/mol. The molecular weight excluding hydrogens is 258 g/mol. The Kier molecular flexibility index (Phi) is 3.56. The second kappa shape index (κ2) is 5.13. The van der Waals surface area contributed by atoms with Gasteiger partial charge in [-0.2, -0.15) is 0 Å². The lowest BCUT2D eigenvalue weighted by Gasteiger charge is -2.41. The van der Waals surface area contributed by atoms with E-state index in [9.17, 15) is 0 Å². The van der Waals surface area contributed by atoms with Gasteiger partial charge < -0.3 is 9.88 Å². The number of benzene rings is 1. The van der Waals surface area contributed by atoms with Gasteiger partial charge in [-0.25, -0.2) is 4.98 Å². The van der Waals surface area contributed by atoms with Gasteiger partial charge in [-0.15, -0.1) is 0 Å². The van der Waals surface area contributed by atoms with E-state index in [1.54, 1.807) is 0 Å². The molecule has 0 spiro atoms. The van der Waals surface area contributed by atoms with Gasteiger partial charge in [0.1, 0.15) is 0 Å². The molecule has 3 rings (SSSR count). The molecule has 0 radical (unpaired) electrons. The lowest BCUT2D eigenvalue weighted by atomic mass is 9.73. The van der Waals surface area contributed by atoms with Crippen LogP contribution in [0.5, 0.6) is 0 Å². The van der Waals surface area contributed by atoms with Gasteiger partial charge in [0.15, 0.2) is 0 Å². The number of imidazole rings is 1. The van der Waals surface area contributed by atoms with Crippen molar-refractivity contribution < 1.29 is 0 Å². The van der Waals surface area contributed by atoms with Crippen LogP contribution in [-0.2, 0) is 0 Å². The van der Waals surface area contributed by atoms with Crippen LogP contribution in [0.3, 0.4) is 0 Å². The minimum Gasteiger partial charge on any atom is -0.326 e. The van der Waals surface area contributed by atoms with Crippen molar-refractivity contribution in [1.82, 2.24) is 14.9 Å². The van der Waals surface area contributed by atoms with E-state index >= 15 is 0 Å². The summed E-state index contributed by atoms with van der Waals surface area (Å²) in [5.74, 6) is 0. The summed E-state index contributed by atoms with van der Waals surface area (Å²) >= 11 is 0. The predicted octanol–water partition coefficient (Wildman–Crippen LogP) is 3.99. The van der Waals surface area contributed by atoms with E-state index in [0.29, 0.717) is 17.5 Å². The molecule has 1 heterocycles. The van der Waals surface area contributed by atoms with E-state index < -0.39 is 0 Å². The van der Waals surface area contributed by atoms with Crippen molar-refractivity contribution in [3.05, 3.63) is 29.6 Å². The molecule has 1 aromatic heterocycles. The van der Waals surface area contributed by atoms with E-state index in [4.69, 9.17) is 0 Å². The molecule has 1 N–H and O–H groups in total. The van der Waals surface area contributed by atoms with Crippen LogP contribution in [-0.4, -0.2) is 22.6 Å². The van der Waals surface area contributed by atoms with Crippen LogP contribution in [0.1, 0.15) is 50.3 Å². The standard InChI is InChI=1S/C18H27N3/c1-12-8-15-16(9-13(12)2)21(11-20-15)17-10-18(3,4)7-6-14(17)19-5/h8-9,11,14,17,19H,6-7,10H2,1-5H3. The third-order valence-corrected chi connectivity index (χ3v) is 5.28. The fraction of sp³-hybridized carbons (Fsp3) is 0.611. The van der Waals surface area contributed by atoms with E-state index in [0.717, 1.165) is 5.52 Å². The van der Waals surface area contributed by atoms with Crippen LogP contribution < -0.4 is 5.32 Å². The number of aromatic nitrogens is 2. The maximum atomic E-state index is 4.65. The zero-order valence-corrected chi connectivity index (χ0v) is 13.9. The van der Waals surface area contributed by atoms with Crippen molar-refractivity contribution in [2.24, 2.45) is 5.41 Å². The highest BCUT2D eigenvalue weighted by Gasteiger charge is 2.35. The summed E-state index contributed by atoms with van der Waals surface area (Å²) in [6.07, 6.45) is 5.77. The Morgan fingerprint density at radius 1 is 1.24 bits per heavy atom. The zero-order valence-electron chi connectivity index (χ0n) is 13.9. The summed E-state index contributed by atoms with van der Waals surface area (Å²) in [5.41, 5.74) is 5.48. The number of likely N-dealkylation sites (N-methyl/N-ethyl adjacent to an activating group) is 1. The normalized spacial score (nSPS) is 25.4. The van der Waals surface area contributed by atoms with Crippen molar-refractivity contribution >= 4 is 11.0 Å². The van der Waals surface area contributed by atoms with E-state index in [2.05, 4.69) is 61.7 Å². The van der Waals surface area contributed by atoms with Crippen LogP contribution in [0.25, 0.3) is 11.0 Å². The Morgan fingerprint density at radius 2 is 1.95 bits per heavy atom. The molecule has 0 aliphatic heterocycles. The molecule has 1 aliphatic rings. The van der Waals surface area contributed by atoms with Crippen LogP contribution in [0.2, 0.25) is 0 Å². The lowest BCUT2D eigenvalue weighted by molar-refractivity contribution is 0.149. The molecule has 2 atom stereocenters. The van der Waals surface area contributed by atoms with E-state index in [1.165, 1.54) is 35.9 Å². The largest absolute Gasteiger partial charge is 0.326 e. The van der Waals surface area contributed by atoms with Crippen molar-refractivity contribution in [3.63, 3.8) is 0 Å². The van der Waals surface area contributed by atoms with Crippen LogP contribution in [0.4, 0.5) is 0 Å². The Morgan fingerprint density at radius 3 is 2.67 bits per heavy atom. The number of hydrogen-bond acceptors (Lipinski definition) is 2. The molecule has 114 valence electrons. The highest BCUT2D eigenvalue weighted by molar-refractivity contribution is 5.77. The van der Waals surface area contributed by atoms with Gasteiger partial charge in [-0.3, -0.25) is 0 Å². The van der Waals surface area contributed by atoms with E-state index in [1.807, 2.05) is 6.33 Å². The highest BCUT2D eigenvalue weighted by Crippen LogP contribution is 2.42. The Labute approximate surface area is 127 Å². The quantitative estimate of drug-likeness (QED) is 0.904. The summed E-state index contributed by atoms with van der Waals surface area (Å²) in [6, 6.07) is 5.54. The van der Waals surface area contributed by atoms with Crippen LogP contribution >= 0.6 is 0 Å². The second-order valence-corrected chi connectivity index (χ2v) is 7.45. The third kappa shape index (κ3) is 2.59. The molecule has 1 fully saturated rings. The molecular formula is C18H27N3. The summed E-state index contributed by atoms with van der Waals surface area (Å²) in [5, 5.41) is 3.52. The SMILES string of the molecule is CNC1CCC(C)(C)CC1n1cnc2cc(C)c(C)cc21. The number of fused-ring (bicyclic) bond motifs is 1. The minimum absolute atomic E-state index is 0.411. The smallest absolute Gasteiger partial charge is 0.0961 e. The monoisotopic (exact) mass is 285 g/mol.